The minimum absolute atomic E-state index is 0.0160. The molecule has 0 aliphatic heterocycles. The molecule has 1 fully saturated rings. The van der Waals surface area contributed by atoms with Crippen molar-refractivity contribution in [3.8, 4) is 16.4 Å². The van der Waals surface area contributed by atoms with Crippen molar-refractivity contribution in [3.05, 3.63) is 53.7 Å². The van der Waals surface area contributed by atoms with Gasteiger partial charge < -0.3 is 10.0 Å². The molecular formula is C19H18N4O3S. The molecule has 0 radical (unpaired) electrons. The Bertz CT molecular complexity index is 964. The average molecular weight is 382 g/mol. The zero-order chi connectivity index (χ0) is 19.0. The van der Waals surface area contributed by atoms with Crippen molar-refractivity contribution in [1.82, 2.24) is 19.7 Å². The normalized spacial score (nSPS) is 14.7. The first-order chi connectivity index (χ1) is 13.1. The smallest absolute Gasteiger partial charge is 0.326 e. The summed E-state index contributed by atoms with van der Waals surface area (Å²) in [5.74, 6) is -0.892. The monoisotopic (exact) mass is 382 g/mol. The van der Waals surface area contributed by atoms with Crippen LogP contribution in [0, 0.1) is 0 Å². The summed E-state index contributed by atoms with van der Waals surface area (Å²) in [5.41, 5.74) is 0.789. The standard InChI is InChI=1S/C19H18N4O3S/c1-12(19(25)26)22(13-9-10-13)18(24)16-20-17(15-8-5-11-27-15)23(21-16)14-6-3-2-4-7-14/h2-8,11-13H,9-10H2,1H3,(H,25,26). The minimum atomic E-state index is -1.03. The Kier molecular flexibility index (Phi) is 4.49. The molecule has 0 saturated heterocycles. The van der Waals surface area contributed by atoms with Gasteiger partial charge in [0.2, 0.25) is 5.82 Å². The largest absolute Gasteiger partial charge is 0.480 e. The fourth-order valence-corrected chi connectivity index (χ4v) is 3.66. The molecule has 1 aliphatic carbocycles. The molecule has 0 spiro atoms. The summed E-state index contributed by atoms with van der Waals surface area (Å²) in [6, 6.07) is 12.3. The van der Waals surface area contributed by atoms with Crippen LogP contribution in [0.2, 0.25) is 0 Å². The lowest BCUT2D eigenvalue weighted by atomic mass is 10.2. The fraction of sp³-hybridized carbons (Fsp3) is 0.263. The van der Waals surface area contributed by atoms with Crippen molar-refractivity contribution >= 4 is 23.2 Å². The lowest BCUT2D eigenvalue weighted by Gasteiger charge is -2.24. The van der Waals surface area contributed by atoms with Gasteiger partial charge in [-0.15, -0.1) is 16.4 Å². The van der Waals surface area contributed by atoms with E-state index in [0.29, 0.717) is 5.82 Å². The number of para-hydroxylation sites is 1. The Morgan fingerprint density at radius 2 is 1.96 bits per heavy atom. The molecule has 1 amide bonds. The van der Waals surface area contributed by atoms with Gasteiger partial charge in [0.25, 0.3) is 5.91 Å². The highest BCUT2D eigenvalue weighted by atomic mass is 32.1. The molecule has 4 rings (SSSR count). The van der Waals surface area contributed by atoms with Crippen LogP contribution in [0.25, 0.3) is 16.4 Å². The molecule has 1 aromatic carbocycles. The molecule has 3 aromatic rings. The quantitative estimate of drug-likeness (QED) is 0.708. The van der Waals surface area contributed by atoms with Gasteiger partial charge in [0.05, 0.1) is 10.6 Å². The zero-order valence-corrected chi connectivity index (χ0v) is 15.5. The number of rotatable bonds is 6. The highest BCUT2D eigenvalue weighted by Gasteiger charge is 2.40. The molecule has 8 heteroatoms. The highest BCUT2D eigenvalue weighted by molar-refractivity contribution is 7.13. The third kappa shape index (κ3) is 3.35. The average Bonchev–Trinajstić information content (AvgIpc) is 3.19. The van der Waals surface area contributed by atoms with Gasteiger partial charge in [-0.05, 0) is 43.3 Å². The number of benzene rings is 1. The maximum atomic E-state index is 13.1. The van der Waals surface area contributed by atoms with E-state index in [0.717, 1.165) is 23.4 Å². The van der Waals surface area contributed by atoms with E-state index in [1.54, 1.807) is 4.68 Å². The van der Waals surface area contributed by atoms with E-state index in [4.69, 9.17) is 0 Å². The zero-order valence-electron chi connectivity index (χ0n) is 14.6. The van der Waals surface area contributed by atoms with Gasteiger partial charge >= 0.3 is 5.97 Å². The van der Waals surface area contributed by atoms with E-state index in [1.807, 2.05) is 47.8 Å². The van der Waals surface area contributed by atoms with Crippen LogP contribution in [-0.4, -0.2) is 48.7 Å². The second kappa shape index (κ2) is 6.96. The Morgan fingerprint density at radius 1 is 1.22 bits per heavy atom. The van der Waals surface area contributed by atoms with Gasteiger partial charge in [-0.3, -0.25) is 4.79 Å². The lowest BCUT2D eigenvalue weighted by Crippen LogP contribution is -2.45. The third-order valence-corrected chi connectivity index (χ3v) is 5.36. The molecule has 1 N–H and O–H groups in total. The van der Waals surface area contributed by atoms with Crippen LogP contribution in [-0.2, 0) is 4.79 Å². The number of hydrogen-bond donors (Lipinski definition) is 1. The number of nitrogens with zero attached hydrogens (tertiary/aromatic N) is 4. The molecule has 0 bridgehead atoms. The van der Waals surface area contributed by atoms with Gasteiger partial charge in [0.15, 0.2) is 5.82 Å². The van der Waals surface area contributed by atoms with Gasteiger partial charge in [-0.2, -0.15) is 0 Å². The number of amides is 1. The third-order valence-electron chi connectivity index (χ3n) is 4.49. The Morgan fingerprint density at radius 3 is 2.56 bits per heavy atom. The van der Waals surface area contributed by atoms with Crippen molar-refractivity contribution in [3.63, 3.8) is 0 Å². The molecule has 2 heterocycles. The molecule has 27 heavy (non-hydrogen) atoms. The predicted octanol–water partition coefficient (Wildman–Crippen LogP) is 3.07. The van der Waals surface area contributed by atoms with Crippen LogP contribution in [0.15, 0.2) is 47.8 Å². The topological polar surface area (TPSA) is 88.3 Å². The number of carboxylic acids is 1. The molecule has 1 saturated carbocycles. The van der Waals surface area contributed by atoms with E-state index in [2.05, 4.69) is 10.1 Å². The van der Waals surface area contributed by atoms with E-state index >= 15 is 0 Å². The number of aromatic nitrogens is 3. The van der Waals surface area contributed by atoms with Crippen molar-refractivity contribution in [2.24, 2.45) is 0 Å². The van der Waals surface area contributed by atoms with E-state index in [1.165, 1.54) is 23.2 Å². The second-order valence-corrected chi connectivity index (χ2v) is 7.39. The summed E-state index contributed by atoms with van der Waals surface area (Å²) in [5, 5.41) is 15.7. The number of carboxylic acid groups (broad SMARTS) is 1. The van der Waals surface area contributed by atoms with Gasteiger partial charge in [-0.1, -0.05) is 24.3 Å². The summed E-state index contributed by atoms with van der Waals surface area (Å²) < 4.78 is 1.63. The number of hydrogen-bond acceptors (Lipinski definition) is 5. The Hall–Kier alpha value is -3.00. The van der Waals surface area contributed by atoms with Crippen LogP contribution in [0.5, 0.6) is 0 Å². The van der Waals surface area contributed by atoms with Gasteiger partial charge in [-0.25, -0.2) is 14.5 Å². The van der Waals surface area contributed by atoms with Gasteiger partial charge in [0.1, 0.15) is 6.04 Å². The number of carbonyl (C=O) groups excluding carboxylic acids is 1. The first kappa shape index (κ1) is 17.4. The van der Waals surface area contributed by atoms with Crippen molar-refractivity contribution in [2.75, 3.05) is 0 Å². The Balaban J connectivity index is 1.77. The van der Waals surface area contributed by atoms with Crippen LogP contribution in [0.1, 0.15) is 30.4 Å². The van der Waals surface area contributed by atoms with E-state index in [9.17, 15) is 14.7 Å². The molecule has 1 aliphatic rings. The van der Waals surface area contributed by atoms with Crippen LogP contribution < -0.4 is 0 Å². The summed E-state index contributed by atoms with van der Waals surface area (Å²) in [6.07, 6.45) is 1.61. The molecule has 1 unspecified atom stereocenters. The number of thiophene rings is 1. The fourth-order valence-electron chi connectivity index (χ4n) is 2.96. The molecular weight excluding hydrogens is 364 g/mol. The predicted molar refractivity (Wildman–Crippen MR) is 101 cm³/mol. The van der Waals surface area contributed by atoms with Crippen molar-refractivity contribution in [2.45, 2.75) is 31.8 Å². The Labute approximate surface area is 159 Å². The maximum Gasteiger partial charge on any atom is 0.326 e. The van der Waals surface area contributed by atoms with Gasteiger partial charge in [0, 0.05) is 6.04 Å². The summed E-state index contributed by atoms with van der Waals surface area (Å²) in [4.78, 5) is 31.3. The second-order valence-electron chi connectivity index (χ2n) is 6.44. The first-order valence-electron chi connectivity index (χ1n) is 8.68. The SMILES string of the molecule is CC(C(=O)O)N(C(=O)c1nc(-c2cccs2)n(-c2ccccc2)n1)C1CC1. The van der Waals surface area contributed by atoms with E-state index < -0.39 is 17.9 Å². The summed E-state index contributed by atoms with van der Waals surface area (Å²) in [7, 11) is 0. The summed E-state index contributed by atoms with van der Waals surface area (Å²) in [6.45, 7) is 1.52. The molecule has 2 aromatic heterocycles. The van der Waals surface area contributed by atoms with Crippen LogP contribution >= 0.6 is 11.3 Å². The molecule has 7 nitrogen and oxygen atoms in total. The lowest BCUT2D eigenvalue weighted by molar-refractivity contribution is -0.141. The van der Waals surface area contributed by atoms with Crippen molar-refractivity contribution < 1.29 is 14.7 Å². The number of carbonyl (C=O) groups is 2. The first-order valence-corrected chi connectivity index (χ1v) is 9.56. The van der Waals surface area contributed by atoms with Crippen molar-refractivity contribution in [1.29, 1.82) is 0 Å². The molecule has 138 valence electrons. The summed E-state index contributed by atoms with van der Waals surface area (Å²) >= 11 is 1.51. The highest BCUT2D eigenvalue weighted by Crippen LogP contribution is 2.31. The number of aliphatic carboxylic acids is 1. The van der Waals surface area contributed by atoms with E-state index in [-0.39, 0.29) is 11.9 Å². The maximum absolute atomic E-state index is 13.1. The molecule has 1 atom stereocenters. The minimum Gasteiger partial charge on any atom is -0.480 e. The van der Waals surface area contributed by atoms with Crippen LogP contribution in [0.3, 0.4) is 0 Å². The van der Waals surface area contributed by atoms with Crippen LogP contribution in [0.4, 0.5) is 0 Å².